The van der Waals surface area contributed by atoms with Gasteiger partial charge in [0, 0.05) is 50.1 Å². The number of benzene rings is 7. The minimum atomic E-state index is 0.578. The van der Waals surface area contributed by atoms with Gasteiger partial charge in [-0.2, -0.15) is 0 Å². The van der Waals surface area contributed by atoms with Crippen molar-refractivity contribution in [2.75, 3.05) is 0 Å². The number of hydrogen-bond acceptors (Lipinski definition) is 5. The summed E-state index contributed by atoms with van der Waals surface area (Å²) in [6.07, 6.45) is 3.54. The molecule has 0 atom stereocenters. The van der Waals surface area contributed by atoms with Gasteiger partial charge in [-0.05, 0) is 76.1 Å². The van der Waals surface area contributed by atoms with Gasteiger partial charge in [-0.1, -0.05) is 97.1 Å². The molecule has 0 saturated carbocycles. The van der Waals surface area contributed by atoms with E-state index in [1.54, 1.807) is 12.4 Å². The lowest BCUT2D eigenvalue weighted by Gasteiger charge is -2.13. The van der Waals surface area contributed by atoms with Gasteiger partial charge in [-0.25, -0.2) is 15.0 Å². The lowest BCUT2D eigenvalue weighted by molar-refractivity contribution is 0.667. The highest BCUT2D eigenvalue weighted by atomic mass is 16.3. The number of furan rings is 1. The number of nitrogens with zero attached hydrogens (tertiary/aromatic N) is 5. The summed E-state index contributed by atoms with van der Waals surface area (Å²) in [7, 11) is 0. The van der Waals surface area contributed by atoms with Crippen molar-refractivity contribution in [2.45, 2.75) is 0 Å². The molecule has 6 heteroatoms. The fraction of sp³-hybridized carbons (Fsp3) is 0. The summed E-state index contributed by atoms with van der Waals surface area (Å²) in [5.41, 5.74) is 7.61. The Hall–Kier alpha value is -7.18. The topological polar surface area (TPSA) is 69.6 Å². The van der Waals surface area contributed by atoms with Crippen LogP contribution in [0.3, 0.4) is 0 Å². The summed E-state index contributed by atoms with van der Waals surface area (Å²) < 4.78 is 8.54. The van der Waals surface area contributed by atoms with Crippen molar-refractivity contribution in [3.63, 3.8) is 0 Å². The molecule has 0 N–H and O–H groups in total. The van der Waals surface area contributed by atoms with Crippen LogP contribution in [-0.4, -0.2) is 24.5 Å². The van der Waals surface area contributed by atoms with Crippen molar-refractivity contribution >= 4 is 65.3 Å². The monoisotopic (exact) mass is 665 g/mol. The van der Waals surface area contributed by atoms with Crippen LogP contribution in [0, 0.1) is 0 Å². The van der Waals surface area contributed by atoms with E-state index >= 15 is 0 Å². The molecule has 52 heavy (non-hydrogen) atoms. The van der Waals surface area contributed by atoms with E-state index in [9.17, 15) is 0 Å². The van der Waals surface area contributed by atoms with E-state index in [-0.39, 0.29) is 0 Å². The molecular weight excluding hydrogens is 639 g/mol. The average molecular weight is 666 g/mol. The lowest BCUT2D eigenvalue weighted by Crippen LogP contribution is -2.01. The van der Waals surface area contributed by atoms with Crippen LogP contribution >= 0.6 is 0 Å². The fourth-order valence-corrected chi connectivity index (χ4v) is 7.81. The minimum absolute atomic E-state index is 0.578. The van der Waals surface area contributed by atoms with Crippen LogP contribution in [0.5, 0.6) is 0 Å². The van der Waals surface area contributed by atoms with Gasteiger partial charge in [0.25, 0.3) is 0 Å². The van der Waals surface area contributed by atoms with E-state index in [2.05, 4.69) is 143 Å². The third kappa shape index (κ3) is 4.31. The van der Waals surface area contributed by atoms with Gasteiger partial charge in [0.1, 0.15) is 5.58 Å². The van der Waals surface area contributed by atoms with Gasteiger partial charge in [0.15, 0.2) is 23.1 Å². The normalized spacial score (nSPS) is 11.8. The van der Waals surface area contributed by atoms with Crippen LogP contribution in [-0.2, 0) is 0 Å². The van der Waals surface area contributed by atoms with E-state index in [0.29, 0.717) is 17.5 Å². The molecular formula is C46H27N5O. The van der Waals surface area contributed by atoms with Crippen LogP contribution < -0.4 is 0 Å². The first kappa shape index (κ1) is 28.6. The van der Waals surface area contributed by atoms with Crippen LogP contribution in [0.4, 0.5) is 0 Å². The number of rotatable bonds is 4. The highest BCUT2D eigenvalue weighted by molar-refractivity contribution is 6.14. The molecule has 7 aromatic carbocycles. The maximum Gasteiger partial charge on any atom is 0.164 e. The molecule has 0 aliphatic carbocycles. The molecule has 0 fully saturated rings. The molecule has 0 amide bonds. The van der Waals surface area contributed by atoms with Gasteiger partial charge in [-0.15, -0.1) is 0 Å². The molecule has 0 unspecified atom stereocenters. The zero-order valence-corrected chi connectivity index (χ0v) is 27.7. The van der Waals surface area contributed by atoms with Crippen molar-refractivity contribution in [3.8, 4) is 39.9 Å². The molecule has 0 saturated heterocycles. The number of fused-ring (bicyclic) bond motifs is 9. The summed E-state index contributed by atoms with van der Waals surface area (Å²) in [5.74, 6) is 1.78. The number of hydrogen-bond donors (Lipinski definition) is 0. The van der Waals surface area contributed by atoms with Crippen LogP contribution in [0.15, 0.2) is 168 Å². The lowest BCUT2D eigenvalue weighted by atomic mass is 9.97. The van der Waals surface area contributed by atoms with Crippen molar-refractivity contribution in [2.24, 2.45) is 0 Å². The Bertz CT molecular complexity index is 3140. The second kappa shape index (κ2) is 11.2. The molecule has 0 aliphatic rings. The Morgan fingerprint density at radius 2 is 1.08 bits per heavy atom. The highest BCUT2D eigenvalue weighted by Crippen LogP contribution is 2.39. The zero-order valence-electron chi connectivity index (χ0n) is 27.7. The van der Waals surface area contributed by atoms with Crippen molar-refractivity contribution < 1.29 is 4.42 Å². The van der Waals surface area contributed by atoms with Gasteiger partial charge >= 0.3 is 0 Å². The minimum Gasteiger partial charge on any atom is -0.454 e. The average Bonchev–Trinajstić information content (AvgIpc) is 3.77. The number of para-hydroxylation sites is 2. The number of pyridine rings is 1. The molecule has 0 bridgehead atoms. The Balaban J connectivity index is 1.15. The summed E-state index contributed by atoms with van der Waals surface area (Å²) >= 11 is 0. The van der Waals surface area contributed by atoms with Crippen LogP contribution in [0.25, 0.3) is 105 Å². The van der Waals surface area contributed by atoms with Crippen molar-refractivity contribution in [1.82, 2.24) is 24.5 Å². The molecule has 11 aromatic rings. The van der Waals surface area contributed by atoms with Gasteiger partial charge < -0.3 is 8.98 Å². The second-order valence-electron chi connectivity index (χ2n) is 13.1. The highest BCUT2D eigenvalue weighted by Gasteiger charge is 2.20. The molecule has 11 rings (SSSR count). The van der Waals surface area contributed by atoms with E-state index in [1.807, 2.05) is 18.2 Å². The summed E-state index contributed by atoms with van der Waals surface area (Å²) in [5, 5.41) is 8.95. The van der Waals surface area contributed by atoms with Gasteiger partial charge in [0.05, 0.1) is 17.2 Å². The fourth-order valence-electron chi connectivity index (χ4n) is 7.81. The third-order valence-corrected chi connectivity index (χ3v) is 10.1. The molecule has 0 spiro atoms. The smallest absolute Gasteiger partial charge is 0.164 e. The maximum absolute atomic E-state index is 6.22. The van der Waals surface area contributed by atoms with Gasteiger partial charge in [-0.3, -0.25) is 4.98 Å². The van der Waals surface area contributed by atoms with Crippen LogP contribution in [0.2, 0.25) is 0 Å². The van der Waals surface area contributed by atoms with E-state index in [0.717, 1.165) is 60.5 Å². The third-order valence-electron chi connectivity index (χ3n) is 10.1. The first-order valence-corrected chi connectivity index (χ1v) is 17.3. The second-order valence-corrected chi connectivity index (χ2v) is 13.1. The van der Waals surface area contributed by atoms with E-state index in [1.165, 1.54) is 27.2 Å². The quantitative estimate of drug-likeness (QED) is 0.175. The van der Waals surface area contributed by atoms with E-state index in [4.69, 9.17) is 19.4 Å². The molecule has 0 radical (unpaired) electrons. The largest absolute Gasteiger partial charge is 0.454 e. The van der Waals surface area contributed by atoms with Crippen molar-refractivity contribution in [1.29, 1.82) is 0 Å². The standard InChI is InChI=1S/C46H27N5O/c1-2-11-31-29(10-1)26-38(33-13-4-3-12-32(31)33)46-49-44(48-45(50-46)37-16-9-19-41-43(37)36-24-25-47-27-42(36)52-41)28-20-22-30(23-21-28)51-39-17-7-5-14-34(39)35-15-6-8-18-40(35)51/h1-27H. The maximum atomic E-state index is 6.22. The first-order chi connectivity index (χ1) is 25.8. The predicted octanol–water partition coefficient (Wildman–Crippen LogP) is 11.6. The molecule has 6 nitrogen and oxygen atoms in total. The Morgan fingerprint density at radius 3 is 1.85 bits per heavy atom. The number of aromatic nitrogens is 5. The SMILES string of the molecule is c1ccc2c(c1)cc(-c1nc(-c3ccc(-n4c5ccccc5c5ccccc54)cc3)nc(-c3cccc4oc5cnccc5c34)n1)c1ccccc12. The molecule has 0 aliphatic heterocycles. The predicted molar refractivity (Wildman–Crippen MR) is 211 cm³/mol. The Labute approximate surface area is 297 Å². The van der Waals surface area contributed by atoms with Crippen LogP contribution in [0.1, 0.15) is 0 Å². The first-order valence-electron chi connectivity index (χ1n) is 17.3. The zero-order chi connectivity index (χ0) is 34.2. The Morgan fingerprint density at radius 1 is 0.442 bits per heavy atom. The summed E-state index contributed by atoms with van der Waals surface area (Å²) in [6.45, 7) is 0. The van der Waals surface area contributed by atoms with Gasteiger partial charge in [0.2, 0.25) is 0 Å². The van der Waals surface area contributed by atoms with Crippen molar-refractivity contribution in [3.05, 3.63) is 164 Å². The summed E-state index contributed by atoms with van der Waals surface area (Å²) in [6, 6.07) is 52.8. The molecule has 4 heterocycles. The Kier molecular flexibility index (Phi) is 6.15. The van der Waals surface area contributed by atoms with E-state index < -0.39 is 0 Å². The summed E-state index contributed by atoms with van der Waals surface area (Å²) in [4.78, 5) is 19.9. The molecule has 242 valence electrons. The molecule has 4 aromatic heterocycles.